The number of para-hydroxylation sites is 1. The lowest BCUT2D eigenvalue weighted by Crippen LogP contribution is -2.14. The minimum Gasteiger partial charge on any atom is -0.491 e. The number of anilines is 2. The van der Waals surface area contributed by atoms with Gasteiger partial charge in [0.2, 0.25) is 0 Å². The van der Waals surface area contributed by atoms with Crippen molar-refractivity contribution in [3.8, 4) is 5.75 Å². The zero-order valence-corrected chi connectivity index (χ0v) is 11.6. The molecule has 1 aliphatic rings. The van der Waals surface area contributed by atoms with E-state index < -0.39 is 0 Å². The maximum atomic E-state index is 9.52. The lowest BCUT2D eigenvalue weighted by molar-refractivity contribution is 0.178. The highest BCUT2D eigenvalue weighted by molar-refractivity contribution is 5.72. The van der Waals surface area contributed by atoms with Crippen molar-refractivity contribution in [3.63, 3.8) is 0 Å². The van der Waals surface area contributed by atoms with E-state index in [0.717, 1.165) is 43.7 Å². The van der Waals surface area contributed by atoms with Crippen molar-refractivity contribution in [1.82, 2.24) is 0 Å². The highest BCUT2D eigenvalue weighted by Gasteiger charge is 2.22. The summed E-state index contributed by atoms with van der Waals surface area (Å²) < 4.78 is 5.61. The number of ether oxygens (including phenoxy) is 1. The van der Waals surface area contributed by atoms with Crippen LogP contribution in [0.2, 0.25) is 0 Å². The van der Waals surface area contributed by atoms with Crippen molar-refractivity contribution in [2.45, 2.75) is 38.7 Å². The van der Waals surface area contributed by atoms with Crippen molar-refractivity contribution < 1.29 is 9.84 Å². The summed E-state index contributed by atoms with van der Waals surface area (Å²) in [7, 11) is 0. The number of aliphatic hydroxyl groups is 1. The van der Waals surface area contributed by atoms with Gasteiger partial charge >= 0.3 is 0 Å². The molecule has 1 aromatic rings. The first-order valence-electron chi connectivity index (χ1n) is 7.14. The third-order valence-electron chi connectivity index (χ3n) is 3.62. The molecule has 19 heavy (non-hydrogen) atoms. The predicted molar refractivity (Wildman–Crippen MR) is 78.5 cm³/mol. The minimum atomic E-state index is -0.122. The first-order chi connectivity index (χ1) is 9.20. The first-order valence-corrected chi connectivity index (χ1v) is 7.14. The average molecular weight is 264 g/mol. The van der Waals surface area contributed by atoms with Crippen molar-refractivity contribution in [1.29, 1.82) is 0 Å². The van der Waals surface area contributed by atoms with Gasteiger partial charge in [-0.25, -0.2) is 0 Å². The topological polar surface area (TPSA) is 67.5 Å². The maximum absolute atomic E-state index is 9.52. The van der Waals surface area contributed by atoms with Gasteiger partial charge in [-0.2, -0.15) is 0 Å². The molecular weight excluding hydrogens is 240 g/mol. The van der Waals surface area contributed by atoms with Crippen LogP contribution in [-0.4, -0.2) is 24.4 Å². The average Bonchev–Trinajstić information content (AvgIpc) is 2.82. The van der Waals surface area contributed by atoms with Gasteiger partial charge in [0.15, 0.2) is 0 Å². The number of nitrogens with one attached hydrogen (secondary N) is 1. The lowest BCUT2D eigenvalue weighted by atomic mass is 10.1. The second kappa shape index (κ2) is 6.66. The molecule has 1 aliphatic carbocycles. The van der Waals surface area contributed by atoms with E-state index in [0.29, 0.717) is 18.2 Å². The van der Waals surface area contributed by atoms with Crippen LogP contribution in [0.15, 0.2) is 18.2 Å². The van der Waals surface area contributed by atoms with E-state index in [1.165, 1.54) is 0 Å². The van der Waals surface area contributed by atoms with Crippen molar-refractivity contribution in [3.05, 3.63) is 18.2 Å². The second-order valence-corrected chi connectivity index (χ2v) is 5.28. The van der Waals surface area contributed by atoms with E-state index in [4.69, 9.17) is 10.5 Å². The predicted octanol–water partition coefficient (Wildman–Crippen LogP) is 2.63. The summed E-state index contributed by atoms with van der Waals surface area (Å²) in [6, 6.07) is 5.82. The van der Waals surface area contributed by atoms with Crippen LogP contribution in [0.3, 0.4) is 0 Å². The molecule has 0 amide bonds. The molecule has 0 bridgehead atoms. The molecule has 2 unspecified atom stereocenters. The van der Waals surface area contributed by atoms with Gasteiger partial charge in [0.05, 0.1) is 24.1 Å². The molecule has 4 N–H and O–H groups in total. The van der Waals surface area contributed by atoms with Crippen LogP contribution in [0, 0.1) is 5.92 Å². The fourth-order valence-corrected chi connectivity index (χ4v) is 2.52. The SMILES string of the molecule is CCCOc1cccc(NCC2CCC(O)C2)c1N. The van der Waals surface area contributed by atoms with Crippen molar-refractivity contribution in [2.24, 2.45) is 5.92 Å². The quantitative estimate of drug-likeness (QED) is 0.691. The van der Waals surface area contributed by atoms with Crippen LogP contribution in [0.1, 0.15) is 32.6 Å². The summed E-state index contributed by atoms with van der Waals surface area (Å²) in [6.07, 6.45) is 3.74. The highest BCUT2D eigenvalue weighted by atomic mass is 16.5. The molecular formula is C15H24N2O2. The van der Waals surface area contributed by atoms with Gasteiger partial charge in [0, 0.05) is 6.54 Å². The summed E-state index contributed by atoms with van der Waals surface area (Å²) in [5.74, 6) is 1.29. The number of aliphatic hydroxyl groups excluding tert-OH is 1. The maximum Gasteiger partial charge on any atom is 0.144 e. The Morgan fingerprint density at radius 1 is 1.42 bits per heavy atom. The van der Waals surface area contributed by atoms with E-state index in [2.05, 4.69) is 12.2 Å². The van der Waals surface area contributed by atoms with Crippen LogP contribution in [0.4, 0.5) is 11.4 Å². The molecule has 2 atom stereocenters. The zero-order chi connectivity index (χ0) is 13.7. The summed E-state index contributed by atoms with van der Waals surface area (Å²) in [5.41, 5.74) is 7.70. The summed E-state index contributed by atoms with van der Waals surface area (Å²) in [5, 5.41) is 12.9. The van der Waals surface area contributed by atoms with Gasteiger partial charge in [0.1, 0.15) is 5.75 Å². The molecule has 106 valence electrons. The number of rotatable bonds is 6. The monoisotopic (exact) mass is 264 g/mol. The Morgan fingerprint density at radius 2 is 2.26 bits per heavy atom. The molecule has 1 aromatic carbocycles. The van der Waals surface area contributed by atoms with E-state index in [9.17, 15) is 5.11 Å². The van der Waals surface area contributed by atoms with E-state index in [1.54, 1.807) is 0 Å². The van der Waals surface area contributed by atoms with Crippen LogP contribution >= 0.6 is 0 Å². The van der Waals surface area contributed by atoms with Crippen LogP contribution < -0.4 is 15.8 Å². The molecule has 4 heteroatoms. The summed E-state index contributed by atoms with van der Waals surface area (Å²) in [6.45, 7) is 3.62. The minimum absolute atomic E-state index is 0.122. The molecule has 0 heterocycles. The molecule has 0 saturated heterocycles. The van der Waals surface area contributed by atoms with Gasteiger partial charge in [-0.15, -0.1) is 0 Å². The zero-order valence-electron chi connectivity index (χ0n) is 11.6. The van der Waals surface area contributed by atoms with E-state index in [-0.39, 0.29) is 6.10 Å². The van der Waals surface area contributed by atoms with Crippen LogP contribution in [0.5, 0.6) is 5.75 Å². The number of nitrogens with two attached hydrogens (primary N) is 1. The number of nitrogen functional groups attached to an aromatic ring is 1. The van der Waals surface area contributed by atoms with Gasteiger partial charge in [-0.3, -0.25) is 0 Å². The molecule has 1 saturated carbocycles. The second-order valence-electron chi connectivity index (χ2n) is 5.28. The van der Waals surface area contributed by atoms with Crippen molar-refractivity contribution in [2.75, 3.05) is 24.2 Å². The first kappa shape index (κ1) is 14.0. The fraction of sp³-hybridized carbons (Fsp3) is 0.600. The van der Waals surface area contributed by atoms with Gasteiger partial charge in [-0.1, -0.05) is 13.0 Å². The Hall–Kier alpha value is -1.42. The fourth-order valence-electron chi connectivity index (χ4n) is 2.52. The van der Waals surface area contributed by atoms with E-state index in [1.807, 2.05) is 18.2 Å². The van der Waals surface area contributed by atoms with E-state index >= 15 is 0 Å². The Morgan fingerprint density at radius 3 is 2.95 bits per heavy atom. The Bertz CT molecular complexity index is 409. The van der Waals surface area contributed by atoms with Gasteiger partial charge in [0.25, 0.3) is 0 Å². The summed E-state index contributed by atoms with van der Waals surface area (Å²) >= 11 is 0. The molecule has 0 spiro atoms. The number of hydrogen-bond acceptors (Lipinski definition) is 4. The highest BCUT2D eigenvalue weighted by Crippen LogP contribution is 2.31. The molecule has 0 radical (unpaired) electrons. The third kappa shape index (κ3) is 3.77. The molecule has 1 fully saturated rings. The van der Waals surface area contributed by atoms with Crippen LogP contribution in [-0.2, 0) is 0 Å². The molecule has 0 aliphatic heterocycles. The van der Waals surface area contributed by atoms with Crippen molar-refractivity contribution >= 4 is 11.4 Å². The number of hydrogen-bond donors (Lipinski definition) is 3. The standard InChI is InChI=1S/C15H24N2O2/c1-2-8-19-14-5-3-4-13(15(14)16)17-10-11-6-7-12(18)9-11/h3-5,11-12,17-18H,2,6-10,16H2,1H3. The van der Waals surface area contributed by atoms with Crippen LogP contribution in [0.25, 0.3) is 0 Å². The van der Waals surface area contributed by atoms with Gasteiger partial charge < -0.3 is 20.9 Å². The lowest BCUT2D eigenvalue weighted by Gasteiger charge is -2.16. The number of benzene rings is 1. The smallest absolute Gasteiger partial charge is 0.144 e. The molecule has 0 aromatic heterocycles. The Labute approximate surface area is 115 Å². The molecule has 2 rings (SSSR count). The Balaban J connectivity index is 1.92. The Kier molecular flexibility index (Phi) is 4.91. The third-order valence-corrected chi connectivity index (χ3v) is 3.62. The van der Waals surface area contributed by atoms with Gasteiger partial charge in [-0.05, 0) is 43.7 Å². The largest absolute Gasteiger partial charge is 0.491 e. The normalized spacial score (nSPS) is 22.4. The summed E-state index contributed by atoms with van der Waals surface area (Å²) in [4.78, 5) is 0. The molecule has 4 nitrogen and oxygen atoms in total.